The molecule has 4 N–H and O–H groups in total. The van der Waals surface area contributed by atoms with E-state index in [-0.39, 0.29) is 5.84 Å². The van der Waals surface area contributed by atoms with E-state index in [1.165, 1.54) is 0 Å². The molecule has 1 heterocycles. The second kappa shape index (κ2) is 6.65. The Kier molecular flexibility index (Phi) is 5.16. The highest BCUT2D eigenvalue weighted by molar-refractivity contribution is 5.96. The van der Waals surface area contributed by atoms with Crippen molar-refractivity contribution in [2.24, 2.45) is 10.9 Å². The van der Waals surface area contributed by atoms with E-state index in [1.54, 1.807) is 6.20 Å². The molecule has 92 valence electrons. The summed E-state index contributed by atoms with van der Waals surface area (Å²) in [5.74, 6) is 0.0266. The van der Waals surface area contributed by atoms with Crippen LogP contribution in [0.15, 0.2) is 36.1 Å². The van der Waals surface area contributed by atoms with Gasteiger partial charge in [-0.3, -0.25) is 4.98 Å². The minimum absolute atomic E-state index is 0.0266. The minimum atomic E-state index is 0.0266. The van der Waals surface area contributed by atoms with Crippen LogP contribution in [0.5, 0.6) is 0 Å². The van der Waals surface area contributed by atoms with Crippen molar-refractivity contribution in [2.45, 2.75) is 25.9 Å². The van der Waals surface area contributed by atoms with Gasteiger partial charge < -0.3 is 16.3 Å². The molecule has 5 heteroatoms. The molecule has 0 aromatic carbocycles. The van der Waals surface area contributed by atoms with Gasteiger partial charge in [0.1, 0.15) is 5.69 Å². The Morgan fingerprint density at radius 2 is 2.53 bits per heavy atom. The molecule has 1 aromatic rings. The molecule has 0 aliphatic carbocycles. The predicted octanol–water partition coefficient (Wildman–Crippen LogP) is 1.23. The Bertz CT molecular complexity index is 403. The van der Waals surface area contributed by atoms with E-state index < -0.39 is 0 Å². The third-order valence-electron chi connectivity index (χ3n) is 2.40. The number of pyridine rings is 1. The van der Waals surface area contributed by atoms with Gasteiger partial charge in [0.25, 0.3) is 0 Å². The summed E-state index contributed by atoms with van der Waals surface area (Å²) in [4.78, 5) is 4.10. The molecule has 0 fully saturated rings. The van der Waals surface area contributed by atoms with Gasteiger partial charge in [-0.05, 0) is 25.0 Å². The summed E-state index contributed by atoms with van der Waals surface area (Å²) >= 11 is 0. The fourth-order valence-corrected chi connectivity index (χ4v) is 1.48. The third kappa shape index (κ3) is 3.88. The molecule has 0 aliphatic rings. The van der Waals surface area contributed by atoms with Gasteiger partial charge in [-0.2, -0.15) is 0 Å². The first kappa shape index (κ1) is 13.2. The van der Waals surface area contributed by atoms with Crippen molar-refractivity contribution in [3.63, 3.8) is 0 Å². The zero-order chi connectivity index (χ0) is 12.7. The summed E-state index contributed by atoms with van der Waals surface area (Å²) < 4.78 is 0. The second-order valence-corrected chi connectivity index (χ2v) is 3.80. The van der Waals surface area contributed by atoms with Crippen LogP contribution in [-0.2, 0) is 6.54 Å². The van der Waals surface area contributed by atoms with Crippen molar-refractivity contribution >= 4 is 5.84 Å². The maximum atomic E-state index is 8.66. The van der Waals surface area contributed by atoms with E-state index in [1.807, 2.05) is 18.2 Å². The van der Waals surface area contributed by atoms with E-state index >= 15 is 0 Å². The highest BCUT2D eigenvalue weighted by atomic mass is 16.4. The van der Waals surface area contributed by atoms with Crippen molar-refractivity contribution in [1.29, 1.82) is 0 Å². The molecule has 0 radical (unpaired) electrons. The van der Waals surface area contributed by atoms with Gasteiger partial charge in [0.2, 0.25) is 0 Å². The largest absolute Gasteiger partial charge is 0.409 e. The average molecular weight is 234 g/mol. The molecular weight excluding hydrogens is 216 g/mol. The maximum absolute atomic E-state index is 8.66. The molecule has 0 spiro atoms. The first-order chi connectivity index (χ1) is 8.19. The highest BCUT2D eigenvalue weighted by Crippen LogP contribution is 2.05. The summed E-state index contributed by atoms with van der Waals surface area (Å²) in [5.41, 5.74) is 6.96. The lowest BCUT2D eigenvalue weighted by molar-refractivity contribution is 0.318. The number of amidine groups is 1. The molecule has 1 atom stereocenters. The SMILES string of the molecule is C=CCC(C)NCc1cccnc1/C(N)=N/O. The van der Waals surface area contributed by atoms with Crippen LogP contribution >= 0.6 is 0 Å². The molecule has 0 amide bonds. The van der Waals surface area contributed by atoms with E-state index in [4.69, 9.17) is 10.9 Å². The average Bonchev–Trinajstić information content (AvgIpc) is 2.36. The first-order valence-corrected chi connectivity index (χ1v) is 5.45. The van der Waals surface area contributed by atoms with Crippen LogP contribution in [0.25, 0.3) is 0 Å². The van der Waals surface area contributed by atoms with E-state index in [9.17, 15) is 0 Å². The van der Waals surface area contributed by atoms with Crippen molar-refractivity contribution < 1.29 is 5.21 Å². The zero-order valence-corrected chi connectivity index (χ0v) is 9.93. The Morgan fingerprint density at radius 3 is 3.18 bits per heavy atom. The van der Waals surface area contributed by atoms with Crippen LogP contribution in [-0.4, -0.2) is 22.1 Å². The maximum Gasteiger partial charge on any atom is 0.189 e. The topological polar surface area (TPSA) is 83.5 Å². The van der Waals surface area contributed by atoms with Crippen LogP contribution in [0.4, 0.5) is 0 Å². The van der Waals surface area contributed by atoms with Gasteiger partial charge in [-0.25, -0.2) is 0 Å². The predicted molar refractivity (Wildman–Crippen MR) is 67.9 cm³/mol. The van der Waals surface area contributed by atoms with Crippen LogP contribution in [0.1, 0.15) is 24.6 Å². The number of nitrogens with two attached hydrogens (primary N) is 1. The second-order valence-electron chi connectivity index (χ2n) is 3.80. The number of aromatic nitrogens is 1. The molecule has 0 aliphatic heterocycles. The number of oxime groups is 1. The lowest BCUT2D eigenvalue weighted by Crippen LogP contribution is -2.27. The van der Waals surface area contributed by atoms with Crippen LogP contribution in [0.3, 0.4) is 0 Å². The number of nitrogens with zero attached hydrogens (tertiary/aromatic N) is 2. The summed E-state index contributed by atoms with van der Waals surface area (Å²) in [6.45, 7) is 6.38. The molecule has 5 nitrogen and oxygen atoms in total. The van der Waals surface area contributed by atoms with Crippen LogP contribution < -0.4 is 11.1 Å². The highest BCUT2D eigenvalue weighted by Gasteiger charge is 2.08. The van der Waals surface area contributed by atoms with Crippen LogP contribution in [0.2, 0.25) is 0 Å². The summed E-state index contributed by atoms with van der Waals surface area (Å²) in [6, 6.07) is 4.05. The van der Waals surface area contributed by atoms with Crippen LogP contribution in [0, 0.1) is 0 Å². The number of rotatable bonds is 6. The van der Waals surface area contributed by atoms with Crippen molar-refractivity contribution in [2.75, 3.05) is 0 Å². The third-order valence-corrected chi connectivity index (χ3v) is 2.40. The molecule has 1 unspecified atom stereocenters. The van der Waals surface area contributed by atoms with Gasteiger partial charge in [0.15, 0.2) is 5.84 Å². The summed E-state index contributed by atoms with van der Waals surface area (Å²) in [5, 5.41) is 15.0. The number of hydrogen-bond donors (Lipinski definition) is 3. The number of hydrogen-bond acceptors (Lipinski definition) is 4. The quantitative estimate of drug-likeness (QED) is 0.227. The molecule has 1 aromatic heterocycles. The fourth-order valence-electron chi connectivity index (χ4n) is 1.48. The summed E-state index contributed by atoms with van der Waals surface area (Å²) in [6.07, 6.45) is 4.37. The Balaban J connectivity index is 2.74. The van der Waals surface area contributed by atoms with Gasteiger partial charge in [0.05, 0.1) is 0 Å². The smallest absolute Gasteiger partial charge is 0.189 e. The van der Waals surface area contributed by atoms with Gasteiger partial charge in [-0.1, -0.05) is 17.3 Å². The molecule has 17 heavy (non-hydrogen) atoms. The Hall–Kier alpha value is -1.88. The van der Waals surface area contributed by atoms with Gasteiger partial charge in [0, 0.05) is 18.8 Å². The molecule has 0 saturated heterocycles. The van der Waals surface area contributed by atoms with Crippen molar-refractivity contribution in [3.05, 3.63) is 42.2 Å². The van der Waals surface area contributed by atoms with E-state index in [0.717, 1.165) is 12.0 Å². The molecule has 1 rings (SSSR count). The van der Waals surface area contributed by atoms with Gasteiger partial charge >= 0.3 is 0 Å². The first-order valence-electron chi connectivity index (χ1n) is 5.45. The Labute approximate surface area is 101 Å². The normalized spacial score (nSPS) is 13.4. The minimum Gasteiger partial charge on any atom is -0.409 e. The van der Waals surface area contributed by atoms with E-state index in [0.29, 0.717) is 18.3 Å². The number of nitrogens with one attached hydrogen (secondary N) is 1. The van der Waals surface area contributed by atoms with Crippen molar-refractivity contribution in [3.8, 4) is 0 Å². The molecular formula is C12H18N4O. The standard InChI is InChI=1S/C12H18N4O/c1-3-5-9(2)15-8-10-6-4-7-14-11(10)12(13)16-17/h3-4,6-7,9,15,17H,1,5,8H2,2H3,(H2,13,16). The Morgan fingerprint density at radius 1 is 1.76 bits per heavy atom. The molecule has 0 saturated carbocycles. The zero-order valence-electron chi connectivity index (χ0n) is 9.93. The monoisotopic (exact) mass is 234 g/mol. The lowest BCUT2D eigenvalue weighted by atomic mass is 10.1. The fraction of sp³-hybridized carbons (Fsp3) is 0.333. The summed E-state index contributed by atoms with van der Waals surface area (Å²) in [7, 11) is 0. The van der Waals surface area contributed by atoms with Gasteiger partial charge in [-0.15, -0.1) is 6.58 Å². The lowest BCUT2D eigenvalue weighted by Gasteiger charge is -2.13. The van der Waals surface area contributed by atoms with Crippen molar-refractivity contribution in [1.82, 2.24) is 10.3 Å². The molecule has 0 bridgehead atoms. The van der Waals surface area contributed by atoms with E-state index in [2.05, 4.69) is 29.0 Å².